The Kier molecular flexibility index (Phi) is 4.15. The van der Waals surface area contributed by atoms with E-state index in [-0.39, 0.29) is 42.5 Å². The number of piperidine rings is 1. The number of aliphatic hydroxyl groups excluding tert-OH is 1. The van der Waals surface area contributed by atoms with Crippen molar-refractivity contribution in [3.05, 3.63) is 11.3 Å². The Balaban J connectivity index is 1.66. The molecule has 4 atom stereocenters. The van der Waals surface area contributed by atoms with Crippen molar-refractivity contribution in [2.24, 2.45) is 17.8 Å². The molecule has 8 nitrogen and oxygen atoms in total. The molecule has 3 aliphatic rings. The maximum atomic E-state index is 13.5. The summed E-state index contributed by atoms with van der Waals surface area (Å²) in [6.45, 7) is 2.52. The van der Waals surface area contributed by atoms with Crippen molar-refractivity contribution < 1.29 is 28.2 Å². The fraction of sp³-hybridized carbons (Fsp3) is 0.647. The number of halogens is 3. The molecule has 3 fully saturated rings. The standard InChI is InChI=1S/C17H18F3N5O3/c1-7-12(26)6-25(7)15-9(3-21)14(17(18,19)20)22-16(23-15)24-4-10-8(2-13(27)28)11(10)5-24/h7-8,10-12,26H,2,4-6H2,1H3,(H,27,28)/t7-,8?,10?,11?,12+/m0/s1. The van der Waals surface area contributed by atoms with Crippen molar-refractivity contribution in [1.82, 2.24) is 9.97 Å². The van der Waals surface area contributed by atoms with Crippen LogP contribution in [0.3, 0.4) is 0 Å². The molecule has 2 unspecified atom stereocenters. The Morgan fingerprint density at radius 1 is 1.29 bits per heavy atom. The van der Waals surface area contributed by atoms with Gasteiger partial charge in [-0.25, -0.2) is 4.98 Å². The van der Waals surface area contributed by atoms with Gasteiger partial charge in [0.15, 0.2) is 11.5 Å². The lowest BCUT2D eigenvalue weighted by Crippen LogP contribution is -2.59. The van der Waals surface area contributed by atoms with E-state index in [0.29, 0.717) is 13.1 Å². The molecule has 150 valence electrons. The molecule has 2 aliphatic heterocycles. The molecule has 1 saturated carbocycles. The van der Waals surface area contributed by atoms with Crippen LogP contribution in [0.15, 0.2) is 0 Å². The third-order valence-electron chi connectivity index (χ3n) is 6.03. The highest BCUT2D eigenvalue weighted by Crippen LogP contribution is 2.54. The van der Waals surface area contributed by atoms with Crippen LogP contribution in [0, 0.1) is 29.1 Å². The van der Waals surface area contributed by atoms with Gasteiger partial charge in [0.05, 0.1) is 12.1 Å². The van der Waals surface area contributed by atoms with E-state index in [1.54, 1.807) is 17.9 Å². The van der Waals surface area contributed by atoms with Gasteiger partial charge in [0.2, 0.25) is 5.95 Å². The molecular formula is C17H18F3N5O3. The quantitative estimate of drug-likeness (QED) is 0.776. The molecule has 0 radical (unpaired) electrons. The number of nitriles is 1. The molecular weight excluding hydrogens is 379 g/mol. The number of carbonyl (C=O) groups is 1. The Labute approximate surface area is 158 Å². The number of fused-ring (bicyclic) bond motifs is 1. The lowest BCUT2D eigenvalue weighted by molar-refractivity contribution is -0.141. The molecule has 0 aromatic carbocycles. The number of aromatic nitrogens is 2. The Morgan fingerprint density at radius 2 is 1.93 bits per heavy atom. The number of carboxylic acid groups (broad SMARTS) is 1. The highest BCUT2D eigenvalue weighted by Gasteiger charge is 2.57. The summed E-state index contributed by atoms with van der Waals surface area (Å²) >= 11 is 0. The molecule has 0 spiro atoms. The van der Waals surface area contributed by atoms with Crippen LogP contribution >= 0.6 is 0 Å². The molecule has 4 rings (SSSR count). The van der Waals surface area contributed by atoms with Gasteiger partial charge in [-0.15, -0.1) is 0 Å². The van der Waals surface area contributed by atoms with Gasteiger partial charge in [-0.05, 0) is 24.7 Å². The monoisotopic (exact) mass is 397 g/mol. The van der Waals surface area contributed by atoms with Crippen LogP contribution in [0.2, 0.25) is 0 Å². The molecule has 28 heavy (non-hydrogen) atoms. The van der Waals surface area contributed by atoms with E-state index in [0.717, 1.165) is 0 Å². The minimum atomic E-state index is -4.82. The number of nitrogens with zero attached hydrogens (tertiary/aromatic N) is 5. The summed E-state index contributed by atoms with van der Waals surface area (Å²) in [6.07, 6.45) is -5.46. The molecule has 0 amide bonds. The van der Waals surface area contributed by atoms with Crippen molar-refractivity contribution in [3.8, 4) is 6.07 Å². The summed E-state index contributed by atoms with van der Waals surface area (Å²) in [5.74, 6) is -0.862. The molecule has 11 heteroatoms. The van der Waals surface area contributed by atoms with Crippen LogP contribution in [0.4, 0.5) is 24.9 Å². The first-order valence-electron chi connectivity index (χ1n) is 8.92. The molecule has 2 saturated heterocycles. The number of rotatable bonds is 4. The van der Waals surface area contributed by atoms with E-state index in [1.165, 1.54) is 4.90 Å². The van der Waals surface area contributed by atoms with Gasteiger partial charge in [0.25, 0.3) is 0 Å². The van der Waals surface area contributed by atoms with Gasteiger partial charge in [-0.3, -0.25) is 4.79 Å². The first-order valence-corrected chi connectivity index (χ1v) is 8.92. The average molecular weight is 397 g/mol. The van der Waals surface area contributed by atoms with Crippen LogP contribution in [0.1, 0.15) is 24.6 Å². The predicted octanol–water partition coefficient (Wildman–Crippen LogP) is 1.09. The SMILES string of the molecule is C[C@H]1[C@H](O)CN1c1nc(N2CC3C(CC(=O)O)C3C2)nc(C(F)(F)F)c1C#N. The van der Waals surface area contributed by atoms with Crippen LogP contribution in [0.25, 0.3) is 0 Å². The maximum Gasteiger partial charge on any atom is 0.434 e. The van der Waals surface area contributed by atoms with Gasteiger partial charge in [0.1, 0.15) is 11.6 Å². The summed E-state index contributed by atoms with van der Waals surface area (Å²) in [6, 6.07) is 1.11. The highest BCUT2D eigenvalue weighted by molar-refractivity contribution is 5.68. The Hall–Kier alpha value is -2.61. The van der Waals surface area contributed by atoms with Crippen molar-refractivity contribution in [3.63, 3.8) is 0 Å². The second-order valence-corrected chi connectivity index (χ2v) is 7.64. The van der Waals surface area contributed by atoms with Crippen LogP contribution in [-0.4, -0.2) is 57.9 Å². The number of alkyl halides is 3. The number of carboxylic acids is 1. The number of aliphatic hydroxyl groups is 1. The summed E-state index contributed by atoms with van der Waals surface area (Å²) in [5, 5.41) is 27.9. The minimum absolute atomic E-state index is 0.0410. The van der Waals surface area contributed by atoms with Crippen molar-refractivity contribution in [2.75, 3.05) is 29.4 Å². The van der Waals surface area contributed by atoms with Gasteiger partial charge < -0.3 is 20.0 Å². The number of hydrogen-bond donors (Lipinski definition) is 2. The summed E-state index contributed by atoms with van der Waals surface area (Å²) < 4.78 is 40.6. The first kappa shape index (κ1) is 18.7. The highest BCUT2D eigenvalue weighted by atomic mass is 19.4. The van der Waals surface area contributed by atoms with E-state index in [9.17, 15) is 28.3 Å². The van der Waals surface area contributed by atoms with E-state index in [4.69, 9.17) is 5.11 Å². The van der Waals surface area contributed by atoms with Crippen LogP contribution < -0.4 is 9.80 Å². The van der Waals surface area contributed by atoms with E-state index in [1.807, 2.05) is 0 Å². The molecule has 1 aromatic heterocycles. The summed E-state index contributed by atoms with van der Waals surface area (Å²) in [5.41, 5.74) is -1.94. The van der Waals surface area contributed by atoms with Crippen LogP contribution in [-0.2, 0) is 11.0 Å². The molecule has 3 heterocycles. The Morgan fingerprint density at radius 3 is 2.39 bits per heavy atom. The van der Waals surface area contributed by atoms with Crippen LogP contribution in [0.5, 0.6) is 0 Å². The zero-order chi connectivity index (χ0) is 20.4. The number of β-amino-alcohol motifs (C(OH)–C–C–N with tert-alkyl or cyclic N) is 1. The second-order valence-electron chi connectivity index (χ2n) is 7.64. The molecule has 1 aliphatic carbocycles. The second kappa shape index (κ2) is 6.20. The lowest BCUT2D eigenvalue weighted by Gasteiger charge is -2.44. The van der Waals surface area contributed by atoms with Gasteiger partial charge >= 0.3 is 12.1 Å². The number of hydrogen-bond acceptors (Lipinski definition) is 7. The fourth-order valence-electron chi connectivity index (χ4n) is 4.28. The van der Waals surface area contributed by atoms with E-state index >= 15 is 0 Å². The summed E-state index contributed by atoms with van der Waals surface area (Å²) in [4.78, 5) is 21.8. The third-order valence-corrected chi connectivity index (χ3v) is 6.03. The lowest BCUT2D eigenvalue weighted by atomic mass is 10.00. The maximum absolute atomic E-state index is 13.5. The predicted molar refractivity (Wildman–Crippen MR) is 89.5 cm³/mol. The largest absolute Gasteiger partial charge is 0.481 e. The smallest absolute Gasteiger partial charge is 0.434 e. The van der Waals surface area contributed by atoms with Gasteiger partial charge in [-0.1, -0.05) is 0 Å². The third kappa shape index (κ3) is 2.92. The van der Waals surface area contributed by atoms with Crippen molar-refractivity contribution in [2.45, 2.75) is 31.7 Å². The van der Waals surface area contributed by atoms with Gasteiger partial charge in [0, 0.05) is 26.1 Å². The zero-order valence-corrected chi connectivity index (χ0v) is 14.9. The average Bonchev–Trinajstić information content (AvgIpc) is 3.05. The van der Waals surface area contributed by atoms with Crippen molar-refractivity contribution >= 4 is 17.7 Å². The summed E-state index contributed by atoms with van der Waals surface area (Å²) in [7, 11) is 0. The Bertz CT molecular complexity index is 859. The van der Waals surface area contributed by atoms with Gasteiger partial charge in [-0.2, -0.15) is 23.4 Å². The number of anilines is 2. The topological polar surface area (TPSA) is 114 Å². The zero-order valence-electron chi connectivity index (χ0n) is 14.9. The molecule has 1 aromatic rings. The molecule has 0 bridgehead atoms. The molecule has 2 N–H and O–H groups in total. The minimum Gasteiger partial charge on any atom is -0.481 e. The first-order chi connectivity index (χ1) is 13.1. The van der Waals surface area contributed by atoms with E-state index in [2.05, 4.69) is 9.97 Å². The normalized spacial score (nSPS) is 31.2. The number of aliphatic carboxylic acids is 1. The fourth-order valence-corrected chi connectivity index (χ4v) is 4.28. The van der Waals surface area contributed by atoms with E-state index < -0.39 is 35.5 Å². The van der Waals surface area contributed by atoms with Crippen molar-refractivity contribution in [1.29, 1.82) is 5.26 Å².